The molecular formula is C20H26FN5O2. The molecule has 0 saturated carbocycles. The molecule has 0 fully saturated rings. The number of carbonyl (C=O) groups is 1. The van der Waals surface area contributed by atoms with Crippen molar-refractivity contribution >= 4 is 23.4 Å². The number of aromatic nitrogens is 2. The third-order valence-corrected chi connectivity index (χ3v) is 5.03. The van der Waals surface area contributed by atoms with Gasteiger partial charge in [0, 0.05) is 17.8 Å². The van der Waals surface area contributed by atoms with Crippen molar-refractivity contribution in [2.75, 3.05) is 29.1 Å². The van der Waals surface area contributed by atoms with Crippen molar-refractivity contribution < 1.29 is 14.3 Å². The van der Waals surface area contributed by atoms with Crippen LogP contribution in [0.15, 0.2) is 24.3 Å². The Hall–Kier alpha value is -2.74. The summed E-state index contributed by atoms with van der Waals surface area (Å²) in [6.45, 7) is 4.30. The highest BCUT2D eigenvalue weighted by molar-refractivity contribution is 6.07. The van der Waals surface area contributed by atoms with E-state index in [-0.39, 0.29) is 24.2 Å². The van der Waals surface area contributed by atoms with E-state index < -0.39 is 11.4 Å². The minimum Gasteiger partial charge on any atom is -0.394 e. The van der Waals surface area contributed by atoms with Gasteiger partial charge in [-0.05, 0) is 38.0 Å². The van der Waals surface area contributed by atoms with E-state index in [4.69, 9.17) is 5.73 Å². The fourth-order valence-corrected chi connectivity index (χ4v) is 3.40. The van der Waals surface area contributed by atoms with E-state index in [2.05, 4.69) is 22.2 Å². The Bertz CT molecular complexity index is 876. The summed E-state index contributed by atoms with van der Waals surface area (Å²) >= 11 is 0. The van der Waals surface area contributed by atoms with Crippen molar-refractivity contribution in [3.63, 3.8) is 0 Å². The largest absolute Gasteiger partial charge is 0.394 e. The molecule has 1 aliphatic heterocycles. The van der Waals surface area contributed by atoms with E-state index >= 15 is 0 Å². The number of carbonyl (C=O) groups excluding carboxylic acids is 1. The van der Waals surface area contributed by atoms with Crippen LogP contribution in [0.2, 0.25) is 0 Å². The van der Waals surface area contributed by atoms with E-state index in [0.29, 0.717) is 30.0 Å². The summed E-state index contributed by atoms with van der Waals surface area (Å²) < 4.78 is 13.6. The lowest BCUT2D eigenvalue weighted by Gasteiger charge is -2.33. The first kappa shape index (κ1) is 20.0. The number of benzene rings is 1. The second-order valence-corrected chi connectivity index (χ2v) is 7.39. The molecule has 4 N–H and O–H groups in total. The summed E-state index contributed by atoms with van der Waals surface area (Å²) in [5.41, 5.74) is 6.64. The summed E-state index contributed by atoms with van der Waals surface area (Å²) in [4.78, 5) is 22.9. The zero-order chi connectivity index (χ0) is 20.3. The number of unbranched alkanes of at least 4 members (excludes halogenated alkanes) is 1. The van der Waals surface area contributed by atoms with Crippen LogP contribution in [0.4, 0.5) is 21.8 Å². The number of anilines is 3. The molecule has 0 saturated heterocycles. The van der Waals surface area contributed by atoms with Gasteiger partial charge in [-0.3, -0.25) is 4.79 Å². The van der Waals surface area contributed by atoms with Gasteiger partial charge in [-0.1, -0.05) is 25.8 Å². The molecule has 150 valence electrons. The van der Waals surface area contributed by atoms with Crippen LogP contribution in [0.3, 0.4) is 0 Å². The van der Waals surface area contributed by atoms with Gasteiger partial charge in [0.25, 0.3) is 5.91 Å². The van der Waals surface area contributed by atoms with Crippen molar-refractivity contribution in [1.82, 2.24) is 9.97 Å². The lowest BCUT2D eigenvalue weighted by atomic mass is 9.95. The number of nitrogen functional groups attached to an aromatic ring is 1. The SMILES string of the molecule is CCCC[C@](C)(CO)Nc1nc(N)nc2c1CCN(c1cccc(F)c1)C2=O. The van der Waals surface area contributed by atoms with Gasteiger partial charge >= 0.3 is 0 Å². The van der Waals surface area contributed by atoms with Crippen molar-refractivity contribution in [3.8, 4) is 0 Å². The predicted molar refractivity (Wildman–Crippen MR) is 107 cm³/mol. The van der Waals surface area contributed by atoms with Crippen molar-refractivity contribution in [1.29, 1.82) is 0 Å². The average Bonchev–Trinajstić information content (AvgIpc) is 2.67. The molecule has 0 spiro atoms. The number of nitrogens with one attached hydrogen (secondary N) is 1. The molecule has 8 heteroatoms. The molecule has 7 nitrogen and oxygen atoms in total. The smallest absolute Gasteiger partial charge is 0.277 e. The molecule has 0 unspecified atom stereocenters. The molecule has 1 aromatic heterocycles. The number of aliphatic hydroxyl groups is 1. The molecule has 2 heterocycles. The van der Waals surface area contributed by atoms with Gasteiger partial charge in [-0.15, -0.1) is 0 Å². The lowest BCUT2D eigenvalue weighted by Crippen LogP contribution is -2.42. The van der Waals surface area contributed by atoms with Gasteiger partial charge in [-0.2, -0.15) is 4.98 Å². The first-order valence-corrected chi connectivity index (χ1v) is 9.50. The third kappa shape index (κ3) is 4.06. The zero-order valence-corrected chi connectivity index (χ0v) is 16.2. The minimum atomic E-state index is -0.576. The number of aliphatic hydroxyl groups excluding tert-OH is 1. The fraction of sp³-hybridized carbons (Fsp3) is 0.450. The molecule has 1 atom stereocenters. The van der Waals surface area contributed by atoms with Crippen LogP contribution in [-0.2, 0) is 6.42 Å². The molecular weight excluding hydrogens is 361 g/mol. The van der Waals surface area contributed by atoms with Crippen LogP contribution in [-0.4, -0.2) is 39.7 Å². The minimum absolute atomic E-state index is 0.0218. The first-order valence-electron chi connectivity index (χ1n) is 9.50. The van der Waals surface area contributed by atoms with Crippen molar-refractivity contribution in [2.24, 2.45) is 0 Å². The maximum Gasteiger partial charge on any atom is 0.277 e. The molecule has 1 amide bonds. The van der Waals surface area contributed by atoms with Crippen LogP contribution >= 0.6 is 0 Å². The highest BCUT2D eigenvalue weighted by Crippen LogP contribution is 2.30. The highest BCUT2D eigenvalue weighted by Gasteiger charge is 2.32. The molecule has 2 aromatic rings. The number of fused-ring (bicyclic) bond motifs is 1. The summed E-state index contributed by atoms with van der Waals surface area (Å²) in [5.74, 6) is -0.299. The number of nitrogens with zero attached hydrogens (tertiary/aromatic N) is 3. The number of hydrogen-bond donors (Lipinski definition) is 3. The molecule has 1 aromatic carbocycles. The Morgan fingerprint density at radius 2 is 2.18 bits per heavy atom. The van der Waals surface area contributed by atoms with Crippen molar-refractivity contribution in [2.45, 2.75) is 45.1 Å². The van der Waals surface area contributed by atoms with E-state index in [1.54, 1.807) is 12.1 Å². The van der Waals surface area contributed by atoms with E-state index in [1.165, 1.54) is 17.0 Å². The quantitative estimate of drug-likeness (QED) is 0.675. The van der Waals surface area contributed by atoms with Gasteiger partial charge in [0.15, 0.2) is 0 Å². The normalized spacial score (nSPS) is 15.9. The van der Waals surface area contributed by atoms with E-state index in [0.717, 1.165) is 19.3 Å². The Morgan fingerprint density at radius 1 is 1.39 bits per heavy atom. The maximum atomic E-state index is 13.6. The Kier molecular flexibility index (Phi) is 5.79. The van der Waals surface area contributed by atoms with Gasteiger partial charge in [0.05, 0.1) is 12.1 Å². The van der Waals surface area contributed by atoms with Gasteiger partial charge < -0.3 is 21.1 Å². The van der Waals surface area contributed by atoms with Crippen LogP contribution in [0.5, 0.6) is 0 Å². The molecule has 3 rings (SSSR count). The van der Waals surface area contributed by atoms with E-state index in [9.17, 15) is 14.3 Å². The number of amides is 1. The Balaban J connectivity index is 1.94. The Morgan fingerprint density at radius 3 is 2.86 bits per heavy atom. The second-order valence-electron chi connectivity index (χ2n) is 7.39. The van der Waals surface area contributed by atoms with Crippen molar-refractivity contribution in [3.05, 3.63) is 41.3 Å². The summed E-state index contributed by atoms with van der Waals surface area (Å²) in [6, 6.07) is 5.90. The van der Waals surface area contributed by atoms with Crippen LogP contribution in [0, 0.1) is 5.82 Å². The zero-order valence-electron chi connectivity index (χ0n) is 16.2. The predicted octanol–water partition coefficient (Wildman–Crippen LogP) is 2.75. The molecule has 28 heavy (non-hydrogen) atoms. The van der Waals surface area contributed by atoms with E-state index in [1.807, 2.05) is 6.92 Å². The average molecular weight is 387 g/mol. The fourth-order valence-electron chi connectivity index (χ4n) is 3.40. The number of nitrogens with two attached hydrogens (primary N) is 1. The molecule has 1 aliphatic rings. The van der Waals surface area contributed by atoms with Gasteiger partial charge in [0.1, 0.15) is 17.3 Å². The number of hydrogen-bond acceptors (Lipinski definition) is 6. The first-order chi connectivity index (χ1) is 13.4. The molecule has 0 radical (unpaired) electrons. The molecule has 0 bridgehead atoms. The summed E-state index contributed by atoms with van der Waals surface area (Å²) in [6.07, 6.45) is 3.19. The lowest BCUT2D eigenvalue weighted by molar-refractivity contribution is 0.0975. The van der Waals surface area contributed by atoms with Crippen LogP contribution < -0.4 is 16.0 Å². The standard InChI is InChI=1S/C20H26FN5O2/c1-3-4-9-20(2,12-27)25-17-15-8-10-26(14-7-5-6-13(21)11-14)18(28)16(15)23-19(22)24-17/h5-7,11,27H,3-4,8-10,12H2,1-2H3,(H3,22,23,24,25)/t20-/m1/s1. The number of halogens is 1. The molecule has 0 aliphatic carbocycles. The van der Waals surface area contributed by atoms with Crippen LogP contribution in [0.1, 0.15) is 49.2 Å². The summed E-state index contributed by atoms with van der Waals surface area (Å²) in [5, 5.41) is 13.1. The van der Waals surface area contributed by atoms with Gasteiger partial charge in [-0.25, -0.2) is 9.37 Å². The van der Waals surface area contributed by atoms with Crippen LogP contribution in [0.25, 0.3) is 0 Å². The Labute approximate surface area is 163 Å². The maximum absolute atomic E-state index is 13.6. The topological polar surface area (TPSA) is 104 Å². The highest BCUT2D eigenvalue weighted by atomic mass is 19.1. The monoisotopic (exact) mass is 387 g/mol. The summed E-state index contributed by atoms with van der Waals surface area (Å²) in [7, 11) is 0. The number of rotatable bonds is 7. The second kappa shape index (κ2) is 8.10. The van der Waals surface area contributed by atoms with Gasteiger partial charge in [0.2, 0.25) is 5.95 Å². The third-order valence-electron chi connectivity index (χ3n) is 5.03.